The molecule has 0 radical (unpaired) electrons. The lowest BCUT2D eigenvalue weighted by atomic mass is 10.1. The van der Waals surface area contributed by atoms with Crippen molar-refractivity contribution < 1.29 is 23.9 Å². The first kappa shape index (κ1) is 17.0. The molecular formula is C17H21NO5. The van der Waals surface area contributed by atoms with Gasteiger partial charge in [-0.3, -0.25) is 9.36 Å². The highest BCUT2D eigenvalue weighted by molar-refractivity contribution is 6.13. The van der Waals surface area contributed by atoms with Crippen molar-refractivity contribution in [2.45, 2.75) is 46.1 Å². The Morgan fingerprint density at radius 2 is 2.00 bits per heavy atom. The molecule has 0 fully saturated rings. The summed E-state index contributed by atoms with van der Waals surface area (Å²) in [6.07, 6.45) is 4.96. The summed E-state index contributed by atoms with van der Waals surface area (Å²) < 4.78 is 11.6. The molecule has 1 aliphatic rings. The van der Waals surface area contributed by atoms with Crippen molar-refractivity contribution in [1.29, 1.82) is 0 Å². The van der Waals surface area contributed by atoms with E-state index in [9.17, 15) is 14.4 Å². The number of carbonyl (C=O) groups excluding carboxylic acids is 3. The van der Waals surface area contributed by atoms with Crippen molar-refractivity contribution in [3.8, 4) is 0 Å². The zero-order chi connectivity index (χ0) is 17.2. The van der Waals surface area contributed by atoms with E-state index in [0.29, 0.717) is 18.5 Å². The van der Waals surface area contributed by atoms with E-state index in [-0.39, 0.29) is 23.5 Å². The maximum atomic E-state index is 12.4. The molecule has 0 amide bonds. The van der Waals surface area contributed by atoms with Crippen molar-refractivity contribution in [1.82, 2.24) is 4.57 Å². The third-order valence-corrected chi connectivity index (χ3v) is 3.26. The SMILES string of the molecule is CCOC(=O)c1cn(C(=O)OC(C)(C)C)c2c1C(=O)C=CCC2. The van der Waals surface area contributed by atoms with Crippen LogP contribution in [0.5, 0.6) is 0 Å². The molecule has 0 aromatic carbocycles. The van der Waals surface area contributed by atoms with Crippen LogP contribution in [0.4, 0.5) is 4.79 Å². The molecule has 0 saturated carbocycles. The normalized spacial score (nSPS) is 14.2. The van der Waals surface area contributed by atoms with Crippen molar-refractivity contribution in [3.63, 3.8) is 0 Å². The minimum atomic E-state index is -0.675. The smallest absolute Gasteiger partial charge is 0.418 e. The molecule has 1 heterocycles. The average Bonchev–Trinajstić information content (AvgIpc) is 2.72. The van der Waals surface area contributed by atoms with Crippen LogP contribution in [0, 0.1) is 0 Å². The van der Waals surface area contributed by atoms with Gasteiger partial charge in [0.25, 0.3) is 0 Å². The molecule has 0 N–H and O–H groups in total. The maximum Gasteiger partial charge on any atom is 0.418 e. The second-order valence-corrected chi connectivity index (χ2v) is 6.24. The van der Waals surface area contributed by atoms with E-state index in [0.717, 1.165) is 0 Å². The van der Waals surface area contributed by atoms with Crippen LogP contribution < -0.4 is 0 Å². The van der Waals surface area contributed by atoms with Crippen LogP contribution in [0.3, 0.4) is 0 Å². The molecule has 0 unspecified atom stereocenters. The summed E-state index contributed by atoms with van der Waals surface area (Å²) in [4.78, 5) is 36.8. The number of hydrogen-bond donors (Lipinski definition) is 0. The molecule has 6 nitrogen and oxygen atoms in total. The van der Waals surface area contributed by atoms with Crippen LogP contribution in [-0.2, 0) is 15.9 Å². The van der Waals surface area contributed by atoms with Crippen LogP contribution in [0.25, 0.3) is 0 Å². The monoisotopic (exact) mass is 319 g/mol. The highest BCUT2D eigenvalue weighted by Crippen LogP contribution is 2.25. The highest BCUT2D eigenvalue weighted by atomic mass is 16.6. The molecule has 2 rings (SSSR count). The minimum Gasteiger partial charge on any atom is -0.462 e. The molecule has 124 valence electrons. The van der Waals surface area contributed by atoms with E-state index in [1.54, 1.807) is 33.8 Å². The number of ketones is 1. The topological polar surface area (TPSA) is 74.6 Å². The zero-order valence-corrected chi connectivity index (χ0v) is 13.8. The summed E-state index contributed by atoms with van der Waals surface area (Å²) in [7, 11) is 0. The molecule has 0 spiro atoms. The first-order chi connectivity index (χ1) is 10.7. The van der Waals surface area contributed by atoms with Gasteiger partial charge in [0.15, 0.2) is 5.78 Å². The Hall–Kier alpha value is -2.37. The lowest BCUT2D eigenvalue weighted by molar-refractivity contribution is 0.0523. The summed E-state index contributed by atoms with van der Waals surface area (Å²) >= 11 is 0. The Morgan fingerprint density at radius 3 is 2.61 bits per heavy atom. The van der Waals surface area contributed by atoms with Crippen molar-refractivity contribution in [2.75, 3.05) is 6.61 Å². The lowest BCUT2D eigenvalue weighted by Crippen LogP contribution is -2.27. The minimum absolute atomic E-state index is 0.101. The van der Waals surface area contributed by atoms with Gasteiger partial charge >= 0.3 is 12.1 Å². The van der Waals surface area contributed by atoms with Crippen molar-refractivity contribution in [2.24, 2.45) is 0 Å². The van der Waals surface area contributed by atoms with Gasteiger partial charge in [0.05, 0.1) is 17.7 Å². The summed E-state index contributed by atoms with van der Waals surface area (Å²) in [5.74, 6) is -0.919. The molecule has 0 bridgehead atoms. The van der Waals surface area contributed by atoms with Crippen molar-refractivity contribution >= 4 is 17.8 Å². The zero-order valence-electron chi connectivity index (χ0n) is 13.8. The van der Waals surface area contributed by atoms with Gasteiger partial charge in [0, 0.05) is 11.9 Å². The number of fused-ring (bicyclic) bond motifs is 1. The predicted octanol–water partition coefficient (Wildman–Crippen LogP) is 3.13. The lowest BCUT2D eigenvalue weighted by Gasteiger charge is -2.20. The van der Waals surface area contributed by atoms with E-state index >= 15 is 0 Å². The van der Waals surface area contributed by atoms with E-state index in [2.05, 4.69) is 0 Å². The first-order valence-electron chi connectivity index (χ1n) is 7.60. The third kappa shape index (κ3) is 3.70. The molecule has 1 aromatic heterocycles. The molecule has 6 heteroatoms. The second kappa shape index (κ2) is 6.40. The van der Waals surface area contributed by atoms with Gasteiger partial charge in [0.2, 0.25) is 0 Å². The fraction of sp³-hybridized carbons (Fsp3) is 0.471. The fourth-order valence-electron chi connectivity index (χ4n) is 2.40. The largest absolute Gasteiger partial charge is 0.462 e. The number of carbonyl (C=O) groups is 3. The number of esters is 1. The van der Waals surface area contributed by atoms with E-state index < -0.39 is 17.7 Å². The second-order valence-electron chi connectivity index (χ2n) is 6.24. The van der Waals surface area contributed by atoms with E-state index in [4.69, 9.17) is 9.47 Å². The Bertz CT molecular complexity index is 676. The summed E-state index contributed by atoms with van der Waals surface area (Å²) in [5, 5.41) is 0. The molecule has 0 saturated heterocycles. The van der Waals surface area contributed by atoms with Gasteiger partial charge in [-0.15, -0.1) is 0 Å². The maximum absolute atomic E-state index is 12.4. The van der Waals surface area contributed by atoms with Gasteiger partial charge in [-0.1, -0.05) is 6.08 Å². The Labute approximate surface area is 135 Å². The van der Waals surface area contributed by atoms with Crippen LogP contribution in [-0.4, -0.2) is 34.6 Å². The third-order valence-electron chi connectivity index (χ3n) is 3.26. The number of nitrogens with zero attached hydrogens (tertiary/aromatic N) is 1. The number of hydrogen-bond acceptors (Lipinski definition) is 5. The van der Waals surface area contributed by atoms with Crippen LogP contribution >= 0.6 is 0 Å². The molecule has 0 aliphatic heterocycles. The van der Waals surface area contributed by atoms with Gasteiger partial charge in [0.1, 0.15) is 5.60 Å². The Balaban J connectivity index is 2.53. The number of rotatable bonds is 2. The molecule has 1 aromatic rings. The fourth-order valence-corrected chi connectivity index (χ4v) is 2.40. The Morgan fingerprint density at radius 1 is 1.30 bits per heavy atom. The van der Waals surface area contributed by atoms with Crippen LogP contribution in [0.15, 0.2) is 18.3 Å². The summed E-state index contributed by atoms with van der Waals surface area (Å²) in [5.41, 5.74) is 0.135. The standard InChI is InChI=1S/C17H21NO5/c1-5-22-15(20)11-10-18(16(21)23-17(2,3)4)12-8-6-7-9-13(19)14(11)12/h7,9-10H,5-6,8H2,1-4H3. The first-order valence-corrected chi connectivity index (χ1v) is 7.60. The number of ether oxygens (including phenoxy) is 2. The summed E-state index contributed by atoms with van der Waals surface area (Å²) in [6.45, 7) is 7.14. The number of aromatic nitrogens is 1. The predicted molar refractivity (Wildman–Crippen MR) is 83.8 cm³/mol. The highest BCUT2D eigenvalue weighted by Gasteiger charge is 2.30. The van der Waals surface area contributed by atoms with Gasteiger partial charge in [-0.2, -0.15) is 0 Å². The van der Waals surface area contributed by atoms with E-state index in [1.165, 1.54) is 16.8 Å². The Kier molecular flexibility index (Phi) is 4.73. The average molecular weight is 319 g/mol. The quantitative estimate of drug-likeness (QED) is 0.783. The van der Waals surface area contributed by atoms with Crippen molar-refractivity contribution in [3.05, 3.63) is 35.2 Å². The summed E-state index contributed by atoms with van der Waals surface area (Å²) in [6, 6.07) is 0. The van der Waals surface area contributed by atoms with Gasteiger partial charge in [-0.05, 0) is 46.6 Å². The van der Waals surface area contributed by atoms with Crippen LogP contribution in [0.2, 0.25) is 0 Å². The molecule has 1 aliphatic carbocycles. The van der Waals surface area contributed by atoms with E-state index in [1.807, 2.05) is 0 Å². The molecular weight excluding hydrogens is 298 g/mol. The molecule has 23 heavy (non-hydrogen) atoms. The van der Waals surface area contributed by atoms with Gasteiger partial charge < -0.3 is 9.47 Å². The molecule has 0 atom stereocenters. The van der Waals surface area contributed by atoms with Gasteiger partial charge in [-0.25, -0.2) is 9.59 Å². The van der Waals surface area contributed by atoms with Crippen LogP contribution in [0.1, 0.15) is 60.5 Å². The number of allylic oxidation sites excluding steroid dienone is 2.